The van der Waals surface area contributed by atoms with Gasteiger partial charge in [-0.1, -0.05) is 6.08 Å². The molecule has 0 radical (unpaired) electrons. The second-order valence-electron chi connectivity index (χ2n) is 11.3. The monoisotopic (exact) mass is 658 g/mol. The first-order chi connectivity index (χ1) is 23.4. The van der Waals surface area contributed by atoms with Gasteiger partial charge in [0.2, 0.25) is 11.8 Å². The smallest absolute Gasteiger partial charge is 0.281 e. The van der Waals surface area contributed by atoms with E-state index in [0.29, 0.717) is 44.6 Å². The molecule has 2 aromatic carbocycles. The second kappa shape index (κ2) is 12.7. The maximum absolute atomic E-state index is 13.3. The van der Waals surface area contributed by atoms with Crippen LogP contribution in [0.4, 0.5) is 11.4 Å². The van der Waals surface area contributed by atoms with Crippen LogP contribution in [0.25, 0.3) is 45.6 Å². The van der Waals surface area contributed by atoms with Crippen molar-refractivity contribution >= 4 is 57.4 Å². The zero-order chi connectivity index (χ0) is 35.0. The van der Waals surface area contributed by atoms with Crippen LogP contribution in [0.3, 0.4) is 0 Å². The second-order valence-corrected chi connectivity index (χ2v) is 11.3. The summed E-state index contributed by atoms with van der Waals surface area (Å²) in [5, 5.41) is 11.8. The molecule has 2 amide bonds. The van der Waals surface area contributed by atoms with E-state index >= 15 is 0 Å². The molecule has 6 aromatic rings. The minimum atomic E-state index is -0.435. The third kappa shape index (κ3) is 6.14. The topological polar surface area (TPSA) is 199 Å². The molecule has 4 aromatic heterocycles. The van der Waals surface area contributed by atoms with Crippen molar-refractivity contribution < 1.29 is 9.59 Å². The number of carbonyl (C=O) groups is 2. The first kappa shape index (κ1) is 32.0. The lowest BCUT2D eigenvalue weighted by atomic mass is 10.1. The number of fused-ring (bicyclic) bond motifs is 2. The number of allylic oxidation sites excluding steroid dienone is 2. The molecule has 49 heavy (non-hydrogen) atoms. The number of amides is 2. The van der Waals surface area contributed by atoms with Crippen molar-refractivity contribution in [3.63, 3.8) is 0 Å². The zero-order valence-corrected chi connectivity index (χ0v) is 26.8. The number of H-pyrrole nitrogens is 4. The standard InChI is InChI=1S/C35H30N8O6/c1-18-26(32(46)38-30-28(18)34(48)42(40-30)24-14-10-22(11-15-24)36-20(3)44)8-6-5-7-9-27-19(2)29-31(39-33(27)47)41-43(35(29)49)25-16-12-23(13-17-25)37-21(4)45/h5-6,8-17H,1-4H3,(H,36,44)(H,37,45)(H2,38,40,46)(H2,39,41,47). The van der Waals surface area contributed by atoms with Gasteiger partial charge in [-0.3, -0.25) is 39.0 Å². The van der Waals surface area contributed by atoms with E-state index in [2.05, 4.69) is 36.5 Å². The zero-order valence-electron chi connectivity index (χ0n) is 26.8. The van der Waals surface area contributed by atoms with Crippen molar-refractivity contribution in [1.82, 2.24) is 29.5 Å². The Morgan fingerprint density at radius 1 is 0.673 bits per heavy atom. The molecule has 0 aliphatic rings. The van der Waals surface area contributed by atoms with E-state index in [9.17, 15) is 28.8 Å². The summed E-state index contributed by atoms with van der Waals surface area (Å²) in [5.74, 6) is -0.431. The van der Waals surface area contributed by atoms with Crippen LogP contribution in [0, 0.1) is 13.8 Å². The van der Waals surface area contributed by atoms with Gasteiger partial charge in [-0.15, -0.1) is 5.73 Å². The molecule has 0 fully saturated rings. The average molecular weight is 659 g/mol. The molecule has 14 heteroatoms. The molecular formula is C35H30N8O6. The SMILES string of the molecule is CC(=O)Nc1ccc(-n2[nH]c3[nH]c(=O)c(C=C=CC=Cc4c(C)c5c(=O)n(-c6ccc(NC(C)=O)cc6)[nH]c5[nH]c4=O)c(C)c3c2=O)cc1. The Balaban J connectivity index is 1.28. The summed E-state index contributed by atoms with van der Waals surface area (Å²) in [6, 6.07) is 13.3. The third-order valence-electron chi connectivity index (χ3n) is 7.88. The van der Waals surface area contributed by atoms with Gasteiger partial charge in [0.1, 0.15) is 11.3 Å². The summed E-state index contributed by atoms with van der Waals surface area (Å²) in [6.45, 7) is 6.14. The van der Waals surface area contributed by atoms with Crippen LogP contribution in [0.5, 0.6) is 0 Å². The Labute approximate surface area is 276 Å². The Bertz CT molecular complexity index is 2640. The average Bonchev–Trinajstić information content (AvgIpc) is 3.55. The lowest BCUT2D eigenvalue weighted by molar-refractivity contribution is -0.115. The van der Waals surface area contributed by atoms with Gasteiger partial charge >= 0.3 is 0 Å². The molecule has 0 saturated carbocycles. The van der Waals surface area contributed by atoms with E-state index in [4.69, 9.17) is 0 Å². The van der Waals surface area contributed by atoms with Crippen LogP contribution in [0.15, 0.2) is 85.6 Å². The number of benzene rings is 2. The summed E-state index contributed by atoms with van der Waals surface area (Å²) in [4.78, 5) is 80.6. The molecule has 0 aliphatic carbocycles. The van der Waals surface area contributed by atoms with Gasteiger partial charge < -0.3 is 20.6 Å². The van der Waals surface area contributed by atoms with E-state index in [1.54, 1.807) is 68.5 Å². The van der Waals surface area contributed by atoms with Crippen molar-refractivity contribution in [2.45, 2.75) is 27.7 Å². The van der Waals surface area contributed by atoms with Crippen molar-refractivity contribution in [3.8, 4) is 11.4 Å². The molecule has 0 atom stereocenters. The lowest BCUT2D eigenvalue weighted by Gasteiger charge is -2.04. The van der Waals surface area contributed by atoms with Crippen molar-refractivity contribution in [1.29, 1.82) is 0 Å². The number of carbonyl (C=O) groups excluding carboxylic acids is 2. The third-order valence-corrected chi connectivity index (χ3v) is 7.88. The summed E-state index contributed by atoms with van der Waals surface area (Å²) >= 11 is 0. The fourth-order valence-corrected chi connectivity index (χ4v) is 5.59. The van der Waals surface area contributed by atoms with Crippen LogP contribution >= 0.6 is 0 Å². The van der Waals surface area contributed by atoms with E-state index in [1.807, 2.05) is 0 Å². The first-order valence-electron chi connectivity index (χ1n) is 15.0. The molecule has 14 nitrogen and oxygen atoms in total. The summed E-state index contributed by atoms with van der Waals surface area (Å²) < 4.78 is 2.61. The number of rotatable bonds is 7. The van der Waals surface area contributed by atoms with Crippen LogP contribution in [-0.4, -0.2) is 41.3 Å². The summed E-state index contributed by atoms with van der Waals surface area (Å²) in [7, 11) is 0. The largest absolute Gasteiger partial charge is 0.326 e. The van der Waals surface area contributed by atoms with Gasteiger partial charge in [0.05, 0.1) is 27.7 Å². The maximum Gasteiger partial charge on any atom is 0.281 e. The van der Waals surface area contributed by atoms with E-state index in [0.717, 1.165) is 0 Å². The quantitative estimate of drug-likeness (QED) is 0.111. The maximum atomic E-state index is 13.3. The molecule has 0 unspecified atom stereocenters. The Kier molecular flexibility index (Phi) is 8.30. The Morgan fingerprint density at radius 2 is 1.10 bits per heavy atom. The molecule has 6 N–H and O–H groups in total. The molecule has 4 heterocycles. The lowest BCUT2D eigenvalue weighted by Crippen LogP contribution is -2.16. The predicted molar refractivity (Wildman–Crippen MR) is 189 cm³/mol. The number of aryl methyl sites for hydroxylation is 2. The summed E-state index contributed by atoms with van der Waals surface area (Å²) in [6.07, 6.45) is 6.04. The highest BCUT2D eigenvalue weighted by Gasteiger charge is 2.17. The minimum absolute atomic E-state index is 0.215. The molecule has 246 valence electrons. The molecule has 0 spiro atoms. The predicted octanol–water partition coefficient (Wildman–Crippen LogP) is 3.74. The van der Waals surface area contributed by atoms with E-state index in [-0.39, 0.29) is 45.4 Å². The van der Waals surface area contributed by atoms with E-state index < -0.39 is 11.1 Å². The Hall–Kier alpha value is -6.92. The number of hydrogen-bond acceptors (Lipinski definition) is 6. The number of aromatic nitrogens is 6. The molecule has 0 bridgehead atoms. The molecule has 6 rings (SSSR count). The van der Waals surface area contributed by atoms with Gasteiger partial charge in [-0.05, 0) is 91.7 Å². The first-order valence-corrected chi connectivity index (χ1v) is 15.0. The number of anilines is 2. The van der Waals surface area contributed by atoms with Gasteiger partial charge in [0.25, 0.3) is 22.2 Å². The molecule has 0 saturated heterocycles. The van der Waals surface area contributed by atoms with Crippen LogP contribution in [0.1, 0.15) is 36.1 Å². The van der Waals surface area contributed by atoms with Gasteiger partial charge in [-0.2, -0.15) is 0 Å². The normalized spacial score (nSPS) is 11.2. The fraction of sp³-hybridized carbons (Fsp3) is 0.114. The van der Waals surface area contributed by atoms with Crippen LogP contribution in [0.2, 0.25) is 0 Å². The van der Waals surface area contributed by atoms with Crippen molar-refractivity contribution in [2.24, 2.45) is 0 Å². The number of nitrogens with zero attached hydrogens (tertiary/aromatic N) is 2. The van der Waals surface area contributed by atoms with Crippen molar-refractivity contribution in [3.05, 3.63) is 130 Å². The number of aromatic amines is 4. The number of hydrogen-bond donors (Lipinski definition) is 6. The van der Waals surface area contributed by atoms with Crippen LogP contribution in [-0.2, 0) is 9.59 Å². The van der Waals surface area contributed by atoms with E-state index in [1.165, 1.54) is 41.4 Å². The highest BCUT2D eigenvalue weighted by molar-refractivity contribution is 5.89. The van der Waals surface area contributed by atoms with Gasteiger partial charge in [0.15, 0.2) is 0 Å². The number of pyridine rings is 2. The highest BCUT2D eigenvalue weighted by atomic mass is 16.2. The van der Waals surface area contributed by atoms with Gasteiger partial charge in [-0.25, -0.2) is 9.36 Å². The summed E-state index contributed by atoms with van der Waals surface area (Å²) in [5.41, 5.74) is 5.44. The van der Waals surface area contributed by atoms with Crippen molar-refractivity contribution in [2.75, 3.05) is 10.6 Å². The fourth-order valence-electron chi connectivity index (χ4n) is 5.59. The number of nitrogens with one attached hydrogen (secondary N) is 6. The minimum Gasteiger partial charge on any atom is -0.326 e. The molecule has 0 aliphatic heterocycles. The van der Waals surface area contributed by atoms with Crippen LogP contribution < -0.4 is 32.9 Å². The highest BCUT2D eigenvalue weighted by Crippen LogP contribution is 2.19. The molecular weight excluding hydrogens is 628 g/mol. The van der Waals surface area contributed by atoms with Gasteiger partial charge in [0, 0.05) is 30.8 Å². The Morgan fingerprint density at radius 3 is 1.55 bits per heavy atom.